The average Bonchev–Trinajstić information content (AvgIpc) is 2.71. The number of nitrogens with zero attached hydrogens (tertiary/aromatic N) is 2. The number of esters is 1. The van der Waals surface area contributed by atoms with Gasteiger partial charge in [0.05, 0.1) is 30.3 Å². The van der Waals surface area contributed by atoms with Crippen molar-refractivity contribution >= 4 is 40.7 Å². The largest absolute Gasteiger partial charge is 0.462 e. The van der Waals surface area contributed by atoms with Crippen LogP contribution in [0.15, 0.2) is 60.9 Å². The van der Waals surface area contributed by atoms with E-state index in [1.807, 2.05) is 0 Å². The third-order valence-electron chi connectivity index (χ3n) is 3.67. The van der Waals surface area contributed by atoms with Gasteiger partial charge >= 0.3 is 5.97 Å². The van der Waals surface area contributed by atoms with Gasteiger partial charge in [-0.25, -0.2) is 14.8 Å². The monoisotopic (exact) mass is 396 g/mol. The van der Waals surface area contributed by atoms with Crippen molar-refractivity contribution in [1.82, 2.24) is 9.97 Å². The van der Waals surface area contributed by atoms with Crippen molar-refractivity contribution in [1.29, 1.82) is 0 Å². The van der Waals surface area contributed by atoms with Crippen LogP contribution in [0.4, 0.5) is 17.2 Å². The number of hydrogen-bond donors (Lipinski definition) is 2. The van der Waals surface area contributed by atoms with Crippen molar-refractivity contribution in [3.8, 4) is 0 Å². The van der Waals surface area contributed by atoms with E-state index < -0.39 is 11.9 Å². The molecule has 1 aromatic heterocycles. The summed E-state index contributed by atoms with van der Waals surface area (Å²) in [7, 11) is 0. The highest BCUT2D eigenvalue weighted by atomic mass is 35.5. The lowest BCUT2D eigenvalue weighted by Crippen LogP contribution is -2.17. The molecule has 0 saturated heterocycles. The minimum atomic E-state index is -0.507. The fraction of sp³-hybridized carbons (Fsp3) is 0.100. The molecule has 28 heavy (non-hydrogen) atoms. The van der Waals surface area contributed by atoms with E-state index in [2.05, 4.69) is 20.6 Å². The minimum Gasteiger partial charge on any atom is -0.462 e. The second kappa shape index (κ2) is 8.96. The fourth-order valence-corrected chi connectivity index (χ4v) is 2.48. The Balaban J connectivity index is 1.70. The third kappa shape index (κ3) is 4.83. The molecule has 0 fully saturated rings. The number of amides is 1. The number of para-hydroxylation sites is 1. The lowest BCUT2D eigenvalue weighted by atomic mass is 10.1. The van der Waals surface area contributed by atoms with Crippen molar-refractivity contribution in [2.75, 3.05) is 17.2 Å². The first-order valence-corrected chi connectivity index (χ1v) is 8.86. The van der Waals surface area contributed by atoms with Gasteiger partial charge < -0.3 is 15.4 Å². The van der Waals surface area contributed by atoms with E-state index in [0.29, 0.717) is 16.5 Å². The van der Waals surface area contributed by atoms with E-state index in [4.69, 9.17) is 16.3 Å². The molecule has 0 spiro atoms. The summed E-state index contributed by atoms with van der Waals surface area (Å²) in [6, 6.07) is 13.7. The maximum absolute atomic E-state index is 12.5. The Morgan fingerprint density at radius 3 is 2.46 bits per heavy atom. The Morgan fingerprint density at radius 2 is 1.79 bits per heavy atom. The summed E-state index contributed by atoms with van der Waals surface area (Å²) in [5.74, 6) is -0.514. The number of benzene rings is 2. The Labute approximate surface area is 166 Å². The number of carbonyl (C=O) groups is 2. The van der Waals surface area contributed by atoms with Crippen LogP contribution in [0.2, 0.25) is 5.02 Å². The first-order chi connectivity index (χ1) is 13.6. The van der Waals surface area contributed by atoms with Crippen molar-refractivity contribution in [2.24, 2.45) is 0 Å². The molecule has 8 heteroatoms. The molecular weight excluding hydrogens is 380 g/mol. The predicted octanol–water partition coefficient (Wildman–Crippen LogP) is 4.30. The topological polar surface area (TPSA) is 93.2 Å². The van der Waals surface area contributed by atoms with Gasteiger partial charge in [0, 0.05) is 10.7 Å². The summed E-state index contributed by atoms with van der Waals surface area (Å²) in [6.07, 6.45) is 2.79. The molecule has 2 aromatic carbocycles. The van der Waals surface area contributed by atoms with Crippen LogP contribution in [0.3, 0.4) is 0 Å². The number of hydrogen-bond acceptors (Lipinski definition) is 6. The maximum Gasteiger partial charge on any atom is 0.340 e. The first kappa shape index (κ1) is 19.3. The lowest BCUT2D eigenvalue weighted by Gasteiger charge is -2.10. The number of anilines is 3. The minimum absolute atomic E-state index is 0.111. The predicted molar refractivity (Wildman–Crippen MR) is 107 cm³/mol. The van der Waals surface area contributed by atoms with Crippen LogP contribution in [0.5, 0.6) is 0 Å². The molecule has 0 unspecified atom stereocenters. The third-order valence-corrected chi connectivity index (χ3v) is 3.92. The summed E-state index contributed by atoms with van der Waals surface area (Å²) in [6.45, 7) is 1.96. The zero-order valence-corrected chi connectivity index (χ0v) is 15.7. The van der Waals surface area contributed by atoms with Crippen LogP contribution in [-0.2, 0) is 4.74 Å². The Bertz CT molecular complexity index is 976. The highest BCUT2D eigenvalue weighted by molar-refractivity contribution is 6.30. The van der Waals surface area contributed by atoms with Crippen LogP contribution in [0.1, 0.15) is 27.8 Å². The second-order valence-electron chi connectivity index (χ2n) is 5.64. The molecule has 3 aromatic rings. The molecule has 0 radical (unpaired) electrons. The van der Waals surface area contributed by atoms with Gasteiger partial charge in [0.15, 0.2) is 0 Å². The summed E-state index contributed by atoms with van der Waals surface area (Å²) in [5, 5.41) is 6.36. The molecule has 0 aliphatic rings. The molecule has 2 N–H and O–H groups in total. The van der Waals surface area contributed by atoms with E-state index in [-0.39, 0.29) is 17.9 Å². The summed E-state index contributed by atoms with van der Waals surface area (Å²) in [5.41, 5.74) is 1.52. The van der Waals surface area contributed by atoms with E-state index in [1.54, 1.807) is 55.5 Å². The maximum atomic E-state index is 12.5. The average molecular weight is 397 g/mol. The Morgan fingerprint density at radius 1 is 1.04 bits per heavy atom. The number of nitrogens with one attached hydrogen (secondary N) is 2. The van der Waals surface area contributed by atoms with Gasteiger partial charge in [0.1, 0.15) is 11.5 Å². The number of aromatic nitrogens is 2. The van der Waals surface area contributed by atoms with Gasteiger partial charge in [-0.05, 0) is 43.3 Å². The molecular formula is C20H17ClN4O3. The molecule has 1 heterocycles. The molecule has 142 valence electrons. The van der Waals surface area contributed by atoms with E-state index in [9.17, 15) is 9.59 Å². The lowest BCUT2D eigenvalue weighted by molar-refractivity contribution is 0.0527. The van der Waals surface area contributed by atoms with Crippen LogP contribution < -0.4 is 10.6 Å². The smallest absolute Gasteiger partial charge is 0.340 e. The van der Waals surface area contributed by atoms with Gasteiger partial charge in [-0.15, -0.1) is 0 Å². The van der Waals surface area contributed by atoms with E-state index in [0.717, 1.165) is 5.69 Å². The van der Waals surface area contributed by atoms with E-state index in [1.165, 1.54) is 12.4 Å². The number of halogens is 1. The quantitative estimate of drug-likeness (QED) is 0.603. The van der Waals surface area contributed by atoms with Gasteiger partial charge in [-0.2, -0.15) is 0 Å². The molecule has 0 bridgehead atoms. The molecule has 1 amide bonds. The molecule has 7 nitrogen and oxygen atoms in total. The van der Waals surface area contributed by atoms with Gasteiger partial charge in [-0.3, -0.25) is 4.79 Å². The standard InChI is InChI=1S/C20H17ClN4O3/c1-2-28-20(27)15-5-3-4-6-16(15)25-19(26)17-11-23-18(12-22-17)24-14-9-7-13(21)8-10-14/h3-12H,2H2,1H3,(H,23,24)(H,25,26). The molecule has 0 atom stereocenters. The van der Waals surface area contributed by atoms with E-state index >= 15 is 0 Å². The van der Waals surface area contributed by atoms with Crippen LogP contribution in [0, 0.1) is 0 Å². The molecule has 3 rings (SSSR count). The number of carbonyl (C=O) groups excluding carboxylic acids is 2. The van der Waals surface area contributed by atoms with Crippen molar-refractivity contribution in [2.45, 2.75) is 6.92 Å². The zero-order chi connectivity index (χ0) is 19.9. The van der Waals surface area contributed by atoms with Crippen molar-refractivity contribution < 1.29 is 14.3 Å². The Kier molecular flexibility index (Phi) is 6.18. The van der Waals surface area contributed by atoms with Crippen LogP contribution in [-0.4, -0.2) is 28.5 Å². The summed E-state index contributed by atoms with van der Waals surface area (Å²) >= 11 is 5.86. The highest BCUT2D eigenvalue weighted by Crippen LogP contribution is 2.19. The van der Waals surface area contributed by atoms with Crippen molar-refractivity contribution in [3.63, 3.8) is 0 Å². The summed E-state index contributed by atoms with van der Waals surface area (Å²) in [4.78, 5) is 32.8. The number of ether oxygens (including phenoxy) is 1. The van der Waals surface area contributed by atoms with Gasteiger partial charge in [0.2, 0.25) is 0 Å². The SMILES string of the molecule is CCOC(=O)c1ccccc1NC(=O)c1cnc(Nc2ccc(Cl)cc2)cn1. The second-order valence-corrected chi connectivity index (χ2v) is 6.08. The molecule has 0 aliphatic heterocycles. The van der Waals surface area contributed by atoms with Crippen LogP contribution in [0.25, 0.3) is 0 Å². The van der Waals surface area contributed by atoms with Crippen LogP contribution >= 0.6 is 11.6 Å². The van der Waals surface area contributed by atoms with Gasteiger partial charge in [-0.1, -0.05) is 23.7 Å². The first-order valence-electron chi connectivity index (χ1n) is 8.49. The normalized spacial score (nSPS) is 10.2. The Hall–Kier alpha value is -3.45. The zero-order valence-electron chi connectivity index (χ0n) is 15.0. The fourth-order valence-electron chi connectivity index (χ4n) is 2.36. The molecule has 0 aliphatic carbocycles. The number of rotatable bonds is 6. The van der Waals surface area contributed by atoms with Crippen molar-refractivity contribution in [3.05, 3.63) is 77.2 Å². The molecule has 0 saturated carbocycles. The van der Waals surface area contributed by atoms with Gasteiger partial charge in [0.25, 0.3) is 5.91 Å². The summed E-state index contributed by atoms with van der Waals surface area (Å²) < 4.78 is 5.00. The highest BCUT2D eigenvalue weighted by Gasteiger charge is 2.15.